The number of benzene rings is 9. The largest absolute Gasteiger partial charge is 0.456 e. The summed E-state index contributed by atoms with van der Waals surface area (Å²) in [4.78, 5) is 6.92. The van der Waals surface area contributed by atoms with Crippen molar-refractivity contribution >= 4 is 82.2 Å². The van der Waals surface area contributed by atoms with Crippen LogP contribution in [0.4, 0.5) is 17.1 Å². The van der Waals surface area contributed by atoms with E-state index in [-0.39, 0.29) is 0 Å². The molecule has 0 aliphatic carbocycles. The Balaban J connectivity index is 1.02. The monoisotopic (exact) mass is 688 g/mol. The lowest BCUT2D eigenvalue weighted by molar-refractivity contribution is 0.669. The summed E-state index contributed by atoms with van der Waals surface area (Å²) in [5.41, 5.74) is 10.6. The smallest absolute Gasteiger partial charge is 0.137 e. The van der Waals surface area contributed by atoms with E-state index in [0.29, 0.717) is 0 Å². The fourth-order valence-electron chi connectivity index (χ4n) is 8.01. The molecule has 2 heterocycles. The Morgan fingerprint density at radius 2 is 0.833 bits per heavy atom. The third kappa shape index (κ3) is 5.17. The van der Waals surface area contributed by atoms with E-state index in [9.17, 15) is 0 Å². The molecule has 0 fully saturated rings. The van der Waals surface area contributed by atoms with Crippen LogP contribution in [-0.2, 0) is 0 Å². The zero-order valence-corrected chi connectivity index (χ0v) is 29.3. The molecule has 2 aromatic heterocycles. The number of fused-ring (bicyclic) bond motifs is 7. The lowest BCUT2D eigenvalue weighted by Crippen LogP contribution is -2.09. The van der Waals surface area contributed by atoms with Crippen LogP contribution in [0.2, 0.25) is 0 Å². The number of furan rings is 1. The highest BCUT2D eigenvalue weighted by Crippen LogP contribution is 2.41. The molecule has 0 radical (unpaired) electrons. The first-order chi connectivity index (χ1) is 26.7. The molecule has 11 aromatic rings. The summed E-state index contributed by atoms with van der Waals surface area (Å²) in [7, 11) is 0. The normalized spacial score (nSPS) is 11.7. The van der Waals surface area contributed by atoms with Crippen LogP contribution in [0.5, 0.6) is 0 Å². The molecule has 54 heavy (non-hydrogen) atoms. The summed E-state index contributed by atoms with van der Waals surface area (Å²) < 4.78 is 6.53. The van der Waals surface area contributed by atoms with Gasteiger partial charge in [0.1, 0.15) is 11.2 Å². The molecule has 0 N–H and O–H groups in total. The van der Waals surface area contributed by atoms with Crippen molar-refractivity contribution in [1.82, 2.24) is 4.98 Å². The number of hydrogen-bond donors (Lipinski definition) is 0. The topological polar surface area (TPSA) is 29.3 Å². The molecule has 11 rings (SSSR count). The summed E-state index contributed by atoms with van der Waals surface area (Å²) in [6.45, 7) is 0. The minimum Gasteiger partial charge on any atom is -0.456 e. The molecule has 0 unspecified atom stereocenters. The van der Waals surface area contributed by atoms with Crippen LogP contribution in [0.3, 0.4) is 0 Å². The van der Waals surface area contributed by atoms with Crippen LogP contribution < -0.4 is 4.90 Å². The van der Waals surface area contributed by atoms with Gasteiger partial charge in [-0.05, 0) is 127 Å². The maximum Gasteiger partial charge on any atom is 0.137 e. The Bertz CT molecular complexity index is 3230. The Hall–Kier alpha value is -7.23. The van der Waals surface area contributed by atoms with Gasteiger partial charge in [0.05, 0.1) is 5.52 Å². The molecule has 0 spiro atoms. The number of anilines is 3. The lowest BCUT2D eigenvalue weighted by atomic mass is 9.98. The molecule has 0 bridgehead atoms. The molecule has 9 aromatic carbocycles. The van der Waals surface area contributed by atoms with Crippen molar-refractivity contribution < 1.29 is 4.42 Å². The molecule has 3 nitrogen and oxygen atoms in total. The van der Waals surface area contributed by atoms with Crippen molar-refractivity contribution in [3.63, 3.8) is 0 Å². The van der Waals surface area contributed by atoms with Gasteiger partial charge < -0.3 is 9.32 Å². The van der Waals surface area contributed by atoms with Crippen molar-refractivity contribution in [3.8, 4) is 22.3 Å². The van der Waals surface area contributed by atoms with Gasteiger partial charge in [-0.1, -0.05) is 109 Å². The van der Waals surface area contributed by atoms with Crippen molar-refractivity contribution in [2.24, 2.45) is 0 Å². The summed E-state index contributed by atoms with van der Waals surface area (Å²) in [6.07, 6.45) is 1.84. The molecule has 0 atom stereocenters. The second kappa shape index (κ2) is 12.2. The van der Waals surface area contributed by atoms with Gasteiger partial charge in [-0.15, -0.1) is 0 Å². The first-order valence-electron chi connectivity index (χ1n) is 18.3. The maximum atomic E-state index is 6.53. The predicted octanol–water partition coefficient (Wildman–Crippen LogP) is 14.4. The Morgan fingerprint density at radius 3 is 1.56 bits per heavy atom. The Morgan fingerprint density at radius 1 is 0.333 bits per heavy atom. The summed E-state index contributed by atoms with van der Waals surface area (Å²) in [6, 6.07) is 67.7. The van der Waals surface area contributed by atoms with Gasteiger partial charge in [0, 0.05) is 45.5 Å². The molecule has 252 valence electrons. The van der Waals surface area contributed by atoms with E-state index in [0.717, 1.165) is 49.9 Å². The van der Waals surface area contributed by atoms with Gasteiger partial charge in [0.15, 0.2) is 0 Å². The second-order valence-corrected chi connectivity index (χ2v) is 14.1. The van der Waals surface area contributed by atoms with Crippen LogP contribution in [0.15, 0.2) is 199 Å². The minimum atomic E-state index is 0.844. The third-order valence-corrected chi connectivity index (χ3v) is 10.8. The van der Waals surface area contributed by atoms with Gasteiger partial charge in [-0.25, -0.2) is 0 Å². The number of pyridine rings is 1. The lowest BCUT2D eigenvalue weighted by Gasteiger charge is -2.26. The molecule has 0 aliphatic rings. The number of aromatic nitrogens is 1. The fraction of sp³-hybridized carbons (Fsp3) is 0. The van der Waals surface area contributed by atoms with Gasteiger partial charge in [-0.3, -0.25) is 4.98 Å². The maximum absolute atomic E-state index is 6.53. The number of nitrogens with zero attached hydrogens (tertiary/aromatic N) is 2. The first-order valence-corrected chi connectivity index (χ1v) is 18.3. The molecule has 0 aliphatic heterocycles. The van der Waals surface area contributed by atoms with Gasteiger partial charge >= 0.3 is 0 Å². The molecule has 0 amide bonds. The van der Waals surface area contributed by atoms with Crippen molar-refractivity contribution in [3.05, 3.63) is 194 Å². The predicted molar refractivity (Wildman–Crippen MR) is 227 cm³/mol. The van der Waals surface area contributed by atoms with Crippen LogP contribution in [0, 0.1) is 0 Å². The van der Waals surface area contributed by atoms with Crippen LogP contribution in [0.1, 0.15) is 0 Å². The molecule has 0 saturated carbocycles. The molecular formula is C51H32N2O. The van der Waals surface area contributed by atoms with Crippen molar-refractivity contribution in [1.29, 1.82) is 0 Å². The first kappa shape index (κ1) is 30.4. The van der Waals surface area contributed by atoms with Crippen molar-refractivity contribution in [2.45, 2.75) is 0 Å². The van der Waals surface area contributed by atoms with E-state index in [1.807, 2.05) is 12.3 Å². The van der Waals surface area contributed by atoms with Gasteiger partial charge in [0.25, 0.3) is 0 Å². The van der Waals surface area contributed by atoms with E-state index in [1.54, 1.807) is 0 Å². The zero-order valence-electron chi connectivity index (χ0n) is 29.3. The fourth-order valence-corrected chi connectivity index (χ4v) is 8.01. The Labute approximate surface area is 312 Å². The molecule has 0 saturated heterocycles. The number of hydrogen-bond acceptors (Lipinski definition) is 3. The summed E-state index contributed by atoms with van der Waals surface area (Å²) in [5, 5.41) is 10.6. The third-order valence-electron chi connectivity index (χ3n) is 10.8. The van der Waals surface area contributed by atoms with Gasteiger partial charge in [-0.2, -0.15) is 0 Å². The highest BCUT2D eigenvalue weighted by atomic mass is 16.3. The van der Waals surface area contributed by atoms with Crippen molar-refractivity contribution in [2.75, 3.05) is 4.90 Å². The standard InChI is InChI=1S/C51H32N2O/c1-3-8-36-26-38(13-11-33(36)6-1)35-17-20-44(21-18-35)53(46-23-24-47-48-32-49-43(10-5-25-52-49)30-50(48)54-51(47)31-46)45-22-19-41-28-40(15-16-42(41)29-45)39-14-12-34-7-2-4-9-37(34)27-39/h1-32H. The Kier molecular flexibility index (Phi) is 6.86. The highest BCUT2D eigenvalue weighted by Gasteiger charge is 2.17. The van der Waals surface area contributed by atoms with Crippen LogP contribution in [-0.4, -0.2) is 4.98 Å². The SMILES string of the molecule is c1ccc2cc(-c3ccc(N(c4ccc5cc(-c6ccc7ccccc7c6)ccc5c4)c4ccc5c(c4)oc4cc6cccnc6cc45)cc3)ccc2c1. The van der Waals surface area contributed by atoms with Crippen LogP contribution >= 0.6 is 0 Å². The van der Waals surface area contributed by atoms with Crippen LogP contribution in [0.25, 0.3) is 87.4 Å². The van der Waals surface area contributed by atoms with E-state index < -0.39 is 0 Å². The highest BCUT2D eigenvalue weighted by molar-refractivity contribution is 6.10. The summed E-state index contributed by atoms with van der Waals surface area (Å²) in [5.74, 6) is 0. The van der Waals surface area contributed by atoms with E-state index in [4.69, 9.17) is 4.42 Å². The van der Waals surface area contributed by atoms with E-state index in [1.165, 1.54) is 54.6 Å². The average molecular weight is 689 g/mol. The minimum absolute atomic E-state index is 0.844. The second-order valence-electron chi connectivity index (χ2n) is 14.1. The molecular weight excluding hydrogens is 657 g/mol. The summed E-state index contributed by atoms with van der Waals surface area (Å²) >= 11 is 0. The van der Waals surface area contributed by atoms with E-state index >= 15 is 0 Å². The number of rotatable bonds is 5. The zero-order chi connectivity index (χ0) is 35.6. The average Bonchev–Trinajstić information content (AvgIpc) is 3.59. The van der Waals surface area contributed by atoms with E-state index in [2.05, 4.69) is 192 Å². The van der Waals surface area contributed by atoms with Gasteiger partial charge in [0.2, 0.25) is 0 Å². The molecule has 3 heteroatoms. The quantitative estimate of drug-likeness (QED) is 0.180.